The van der Waals surface area contributed by atoms with Crippen LogP contribution in [0.5, 0.6) is 0 Å². The summed E-state index contributed by atoms with van der Waals surface area (Å²) in [5.41, 5.74) is 6.04. The highest BCUT2D eigenvalue weighted by Gasteiger charge is 2.62. The molecule has 0 amide bonds. The van der Waals surface area contributed by atoms with Crippen molar-refractivity contribution < 1.29 is 208 Å². The maximum absolute atomic E-state index is 13.1. The van der Waals surface area contributed by atoms with Crippen LogP contribution in [-0.4, -0.2) is 439 Å². The van der Waals surface area contributed by atoms with Crippen molar-refractivity contribution >= 4 is 5.97 Å². The van der Waals surface area contributed by atoms with Crippen LogP contribution in [0, 0.1) is 29.6 Å². The summed E-state index contributed by atoms with van der Waals surface area (Å²) in [4.78, 5) is 13.1. The molecular weight excluding hydrogens is 1440 g/mol. The lowest BCUT2D eigenvalue weighted by Crippen LogP contribution is -2.69. The Labute approximate surface area is 606 Å². The number of carboxylic acids is 1. The summed E-state index contributed by atoms with van der Waals surface area (Å²) in [6, 6.07) is -1.57. The van der Waals surface area contributed by atoms with Gasteiger partial charge in [0.25, 0.3) is 5.79 Å². The topological polar surface area (TPSA) is 686 Å². The van der Waals surface area contributed by atoms with Gasteiger partial charge >= 0.3 is 5.97 Å². The van der Waals surface area contributed by atoms with Crippen LogP contribution in [0.1, 0.15) is 48.0 Å². The molecule has 0 aromatic heterocycles. The Morgan fingerprint density at radius 1 is 0.387 bits per heavy atom. The Balaban J connectivity index is 0.981. The molecule has 19 unspecified atom stereocenters. The molecule has 0 saturated carbocycles. The zero-order valence-electron chi connectivity index (χ0n) is 58.7. The average molecular weight is 1550 g/mol. The largest absolute Gasteiger partial charge is 0.477 e. The van der Waals surface area contributed by atoms with Gasteiger partial charge in [0.1, 0.15) is 146 Å². The monoisotopic (exact) mass is 1550 g/mol. The molecule has 43 nitrogen and oxygen atoms in total. The van der Waals surface area contributed by atoms with E-state index in [0.717, 1.165) is 0 Å². The molecule has 0 aliphatic carbocycles. The summed E-state index contributed by atoms with van der Waals surface area (Å²) in [6.45, 7) is 0.405. The van der Waals surface area contributed by atoms with Gasteiger partial charge in [0.15, 0.2) is 44.0 Å². The number of ether oxygens (including phenoxy) is 17. The number of hydrogen-bond donors (Lipinski definition) is 25. The summed E-state index contributed by atoms with van der Waals surface area (Å²) in [5, 5.41) is 265. The van der Waals surface area contributed by atoms with Crippen LogP contribution in [0.2, 0.25) is 0 Å². The minimum atomic E-state index is -2.98. The summed E-state index contributed by atoms with van der Waals surface area (Å²) in [5.74, 6) is -10.3. The van der Waals surface area contributed by atoms with E-state index >= 15 is 0 Å². The van der Waals surface area contributed by atoms with Gasteiger partial charge in [-0.1, -0.05) is 34.6 Å². The second kappa shape index (κ2) is 37.4. The van der Waals surface area contributed by atoms with Crippen LogP contribution in [0.4, 0.5) is 0 Å². The molecule has 0 aromatic carbocycles. The smallest absolute Gasteiger partial charge is 0.364 e. The third-order valence-corrected chi connectivity index (χ3v) is 21.9. The highest BCUT2D eigenvalue weighted by atomic mass is 16.8. The fourth-order valence-corrected chi connectivity index (χ4v) is 14.7. The molecule has 0 aromatic rings. The Hall–Kier alpha value is -2.17. The molecule has 9 aliphatic heterocycles. The lowest BCUT2D eigenvalue weighted by Gasteiger charge is -2.51. The third-order valence-electron chi connectivity index (χ3n) is 21.9. The van der Waals surface area contributed by atoms with Gasteiger partial charge in [-0.25, -0.2) is 4.79 Å². The van der Waals surface area contributed by atoms with Crippen molar-refractivity contribution in [1.29, 1.82) is 0 Å². The van der Waals surface area contributed by atoms with Crippen molar-refractivity contribution in [1.82, 2.24) is 0 Å². The molecule has 618 valence electrons. The first-order valence-corrected chi connectivity index (χ1v) is 35.3. The fourth-order valence-electron chi connectivity index (χ4n) is 14.7. The van der Waals surface area contributed by atoms with Crippen molar-refractivity contribution in [2.45, 2.75) is 299 Å². The van der Waals surface area contributed by atoms with Crippen molar-refractivity contribution in [3.8, 4) is 0 Å². The highest BCUT2D eigenvalue weighted by molar-refractivity contribution is 5.76. The lowest BCUT2D eigenvalue weighted by atomic mass is 9.87. The van der Waals surface area contributed by atoms with E-state index in [1.54, 1.807) is 13.8 Å². The Morgan fingerprint density at radius 3 is 1.23 bits per heavy atom. The summed E-state index contributed by atoms with van der Waals surface area (Å²) in [7, 11) is 0. The first-order chi connectivity index (χ1) is 50.1. The molecule has 0 radical (unpaired) electrons. The van der Waals surface area contributed by atoms with E-state index in [-0.39, 0.29) is 0 Å². The Bertz CT molecular complexity index is 2690. The van der Waals surface area contributed by atoms with Gasteiger partial charge in [-0.2, -0.15) is 0 Å². The molecule has 9 fully saturated rings. The van der Waals surface area contributed by atoms with Crippen LogP contribution in [0.15, 0.2) is 0 Å². The van der Waals surface area contributed by atoms with E-state index < -0.39 is 353 Å². The van der Waals surface area contributed by atoms with Crippen LogP contribution >= 0.6 is 0 Å². The van der Waals surface area contributed by atoms with Gasteiger partial charge in [0.05, 0.1) is 114 Å². The minimum Gasteiger partial charge on any atom is -0.477 e. The molecule has 9 heterocycles. The van der Waals surface area contributed by atoms with E-state index in [4.69, 9.17) is 86.3 Å². The van der Waals surface area contributed by atoms with Crippen LogP contribution in [0.3, 0.4) is 0 Å². The predicted molar refractivity (Wildman–Crippen MR) is 335 cm³/mol. The number of aliphatic hydroxyl groups is 23. The molecular formula is C63H109NO42. The summed E-state index contributed by atoms with van der Waals surface area (Å²) in [6.07, 6.45) is -71.0. The number of rotatable bonds is 28. The maximum Gasteiger partial charge on any atom is 0.364 e. The summed E-state index contributed by atoms with van der Waals surface area (Å²) < 4.78 is 103. The Kier molecular flexibility index (Phi) is 31.0. The van der Waals surface area contributed by atoms with E-state index in [1.807, 2.05) is 0 Å². The number of aliphatic hydroxyl groups excluding tert-OH is 23. The molecule has 9 saturated heterocycles. The molecule has 9 aliphatic rings. The molecule has 46 atom stereocenters. The number of carbonyl (C=O) groups is 1. The number of hydrogen-bond acceptors (Lipinski definition) is 42. The molecule has 106 heavy (non-hydrogen) atoms. The molecule has 26 N–H and O–H groups in total. The quantitative estimate of drug-likeness (QED) is 0.0346. The van der Waals surface area contributed by atoms with Crippen molar-refractivity contribution in [2.75, 3.05) is 59.5 Å². The fraction of sp³-hybridized carbons (Fsp3) is 0.984. The zero-order valence-corrected chi connectivity index (χ0v) is 58.7. The first-order valence-electron chi connectivity index (χ1n) is 35.3. The minimum absolute atomic E-state index is 0.526. The Morgan fingerprint density at radius 2 is 0.755 bits per heavy atom. The number of aliphatic carboxylic acids is 1. The maximum atomic E-state index is 13.1. The zero-order chi connectivity index (χ0) is 78.1. The van der Waals surface area contributed by atoms with Gasteiger partial charge in [-0.15, -0.1) is 0 Å². The molecule has 43 heteroatoms. The number of carboxylic acid groups (broad SMARTS) is 1. The van der Waals surface area contributed by atoms with Crippen LogP contribution in [-0.2, 0) is 85.3 Å². The molecule has 0 bridgehead atoms. The van der Waals surface area contributed by atoms with Crippen LogP contribution < -0.4 is 5.73 Å². The average Bonchev–Trinajstić information content (AvgIpc) is 0.778. The van der Waals surface area contributed by atoms with Gasteiger partial charge in [0, 0.05) is 36.0 Å². The van der Waals surface area contributed by atoms with E-state index in [9.17, 15) is 127 Å². The van der Waals surface area contributed by atoms with Gasteiger partial charge in [-0.3, -0.25) is 0 Å². The van der Waals surface area contributed by atoms with Gasteiger partial charge in [0.2, 0.25) is 0 Å². The third kappa shape index (κ3) is 18.0. The predicted octanol–water partition coefficient (Wildman–Crippen LogP) is -14.0. The molecule has 9 rings (SSSR count). The van der Waals surface area contributed by atoms with Crippen molar-refractivity contribution in [3.05, 3.63) is 0 Å². The van der Waals surface area contributed by atoms with E-state index in [1.165, 1.54) is 27.7 Å². The molecule has 0 spiro atoms. The standard InChI is InChI=1S/C63H109NO42/c1-17-22(6)91-29(13-70)48(35(17)76)99-56-20(4)36(77)50(30(14-71)96-56)101-59-46(87)52(42(83)32(98-59)16-90-60-53(43(84)40(81)27(11-68)94-60)103-55-19(3)34(75)39(80)26(10-67)93-55)102-61-54(44(85)41(82)28(12-69)95-61)104-57-21(5)37(78)49(31(15-72)97-57)100-58-45(86)47(18(2)25(9-66)92-58)105-63(62(88)89)7-23(73)33(64)51(106-63)38(79)24(74)8-65/h17-61,65-87H,7-16,64H2,1-6H3,(H,88,89)/t17-,18+,19?,20+,21+,22+,23-,24?,25?,26+,27?,28-,29?,30?,31?,32?,33-,34?,35?,36?,37?,38?,39-,40-,41-,42-,43?,44?,45+,46-,47?,48-,49+,50-,51?,52?,53-,54?,55+,56+,57+,58+,59+,60+,61-,63-/m1/s1. The van der Waals surface area contributed by atoms with Gasteiger partial charge in [-0.05, 0) is 6.92 Å². The van der Waals surface area contributed by atoms with E-state index in [0.29, 0.717) is 0 Å². The van der Waals surface area contributed by atoms with Crippen molar-refractivity contribution in [2.24, 2.45) is 35.3 Å². The van der Waals surface area contributed by atoms with E-state index in [2.05, 4.69) is 0 Å². The summed E-state index contributed by atoms with van der Waals surface area (Å²) >= 11 is 0. The first kappa shape index (κ1) is 87.8. The number of nitrogens with two attached hydrogens (primary N) is 1. The SMILES string of the molecule is CC1C(O)[C@H](O)[C@H](CO)O[C@H]1O[C@@H]1C(O)[C@H](O)C(CO)O[C@@H]1OCC1O[C@@H](O[C@@H]2C(CO)O[C@@H](O[C@@H]3C(CO)O[C@@H](C)[C@@H](C)C3O)[C@@H](C)C2O)[C@H](O)C(O[C@H]2O[C@H](CO)[C@@H](O)C(O)C2O[C@@H]2OC(CO)[C@H](O[C@@H]3OC(CO)[C@H](C)C(O[C@]4(C(=O)O)C[C@@H](O)[C@@H](N)C(C(O)C(O)CO)O4)[C@@H]3O)C(O)[C@@H]2C)[C@@H]1O. The van der Waals surface area contributed by atoms with Gasteiger partial charge < -0.3 is 209 Å². The highest BCUT2D eigenvalue weighted by Crippen LogP contribution is 2.44. The lowest BCUT2D eigenvalue weighted by molar-refractivity contribution is -0.403. The normalized spacial score (nSPS) is 51.9. The van der Waals surface area contributed by atoms with Crippen LogP contribution in [0.25, 0.3) is 0 Å². The second-order valence-electron chi connectivity index (χ2n) is 28.9. The second-order valence-corrected chi connectivity index (χ2v) is 28.9. The van der Waals surface area contributed by atoms with Crippen molar-refractivity contribution in [3.63, 3.8) is 0 Å².